The molecule has 0 radical (unpaired) electrons. The average Bonchev–Trinajstić information content (AvgIpc) is 3.16. The fourth-order valence-electron chi connectivity index (χ4n) is 5.19. The zero-order valence-electron chi connectivity index (χ0n) is 19.0. The number of nitriles is 1. The smallest absolute Gasteiger partial charge is 0.190 e. The Morgan fingerprint density at radius 3 is 2.79 bits per heavy atom. The van der Waals surface area contributed by atoms with Crippen LogP contribution in [0, 0.1) is 23.2 Å². The Kier molecular flexibility index (Phi) is 6.63. The Morgan fingerprint density at radius 1 is 1.24 bits per heavy atom. The number of halogens is 2. The average molecular weight is 500 g/mol. The number of aromatic nitrogens is 4. The van der Waals surface area contributed by atoms with Gasteiger partial charge < -0.3 is 14.9 Å². The van der Waals surface area contributed by atoms with Crippen LogP contribution in [0.25, 0.3) is 11.2 Å². The van der Waals surface area contributed by atoms with Crippen LogP contribution in [0.5, 0.6) is 0 Å². The van der Waals surface area contributed by atoms with Crippen molar-refractivity contribution in [3.8, 4) is 6.07 Å². The number of anilines is 1. The van der Waals surface area contributed by atoms with Gasteiger partial charge in [0.05, 0.1) is 18.8 Å². The molecule has 0 amide bonds. The van der Waals surface area contributed by atoms with Gasteiger partial charge in [-0.2, -0.15) is 10.4 Å². The van der Waals surface area contributed by atoms with Gasteiger partial charge in [0.15, 0.2) is 11.3 Å². The highest BCUT2D eigenvalue weighted by Gasteiger charge is 2.36. The zero-order chi connectivity index (χ0) is 23.8. The van der Waals surface area contributed by atoms with E-state index in [1.807, 2.05) is 13.0 Å². The molecule has 4 heterocycles. The van der Waals surface area contributed by atoms with E-state index in [9.17, 15) is 10.4 Å². The molecule has 2 aromatic heterocycles. The van der Waals surface area contributed by atoms with Gasteiger partial charge in [0.2, 0.25) is 0 Å². The second-order valence-electron chi connectivity index (χ2n) is 9.24. The van der Waals surface area contributed by atoms with E-state index >= 15 is 0 Å². The fraction of sp³-hybridized carbons (Fsp3) is 0.500. The number of nitrogens with zero attached hydrogens (tertiary/aromatic N) is 7. The molecule has 0 bridgehead atoms. The number of hydrogen-bond acceptors (Lipinski definition) is 7. The van der Waals surface area contributed by atoms with E-state index in [0.29, 0.717) is 33.0 Å². The van der Waals surface area contributed by atoms with Crippen molar-refractivity contribution in [2.75, 3.05) is 44.2 Å². The van der Waals surface area contributed by atoms with E-state index in [-0.39, 0.29) is 18.3 Å². The largest absolute Gasteiger partial charge is 0.395 e. The summed E-state index contributed by atoms with van der Waals surface area (Å²) in [6.45, 7) is 6.97. The molecule has 0 saturated carbocycles. The first-order chi connectivity index (χ1) is 16.5. The van der Waals surface area contributed by atoms with E-state index < -0.39 is 0 Å². The molecule has 34 heavy (non-hydrogen) atoms. The van der Waals surface area contributed by atoms with Crippen LogP contribution in [-0.4, -0.2) is 69.1 Å². The van der Waals surface area contributed by atoms with Crippen molar-refractivity contribution in [3.63, 3.8) is 0 Å². The van der Waals surface area contributed by atoms with Crippen molar-refractivity contribution < 1.29 is 5.11 Å². The third-order valence-electron chi connectivity index (χ3n) is 7.13. The molecule has 5 rings (SSSR count). The van der Waals surface area contributed by atoms with Crippen LogP contribution < -0.4 is 4.90 Å². The molecule has 1 N–H and O–H groups in total. The quantitative estimate of drug-likeness (QED) is 0.551. The summed E-state index contributed by atoms with van der Waals surface area (Å²) >= 11 is 12.5. The molecule has 2 aliphatic rings. The summed E-state index contributed by atoms with van der Waals surface area (Å²) in [7, 11) is 0. The second-order valence-corrected chi connectivity index (χ2v) is 10.1. The summed E-state index contributed by atoms with van der Waals surface area (Å²) in [5.41, 5.74) is 2.16. The van der Waals surface area contributed by atoms with Crippen molar-refractivity contribution in [1.29, 1.82) is 5.26 Å². The lowest BCUT2D eigenvalue weighted by molar-refractivity contribution is 0.101. The molecule has 2 atom stereocenters. The fourth-order valence-corrected chi connectivity index (χ4v) is 5.75. The predicted molar refractivity (Wildman–Crippen MR) is 132 cm³/mol. The highest BCUT2D eigenvalue weighted by Crippen LogP contribution is 2.35. The van der Waals surface area contributed by atoms with Crippen molar-refractivity contribution in [2.45, 2.75) is 25.8 Å². The van der Waals surface area contributed by atoms with E-state index in [4.69, 9.17) is 28.2 Å². The minimum absolute atomic E-state index is 0.219. The molecule has 3 aromatic rings. The molecule has 2 fully saturated rings. The summed E-state index contributed by atoms with van der Waals surface area (Å²) < 4.78 is 1.73. The van der Waals surface area contributed by atoms with Crippen molar-refractivity contribution in [2.24, 2.45) is 11.8 Å². The van der Waals surface area contributed by atoms with Gasteiger partial charge in [-0.3, -0.25) is 0 Å². The van der Waals surface area contributed by atoms with Crippen molar-refractivity contribution in [1.82, 2.24) is 24.6 Å². The van der Waals surface area contributed by atoms with Crippen molar-refractivity contribution in [3.05, 3.63) is 45.7 Å². The number of fused-ring (bicyclic) bond motifs is 1. The maximum absolute atomic E-state index is 9.60. The monoisotopic (exact) mass is 499 g/mol. The van der Waals surface area contributed by atoms with Crippen molar-refractivity contribution >= 4 is 40.2 Å². The molecular formula is C24H27Cl2N7O. The molecule has 2 saturated heterocycles. The number of β-amino-alcohol motifs (C(OH)–C–C–N with tert-alkyl or cyclic N) is 1. The Morgan fingerprint density at radius 2 is 2.06 bits per heavy atom. The Labute approximate surface area is 208 Å². The number of aliphatic hydroxyl groups excluding tert-OH is 1. The molecule has 0 aliphatic carbocycles. The summed E-state index contributed by atoms with van der Waals surface area (Å²) in [6.07, 6.45) is 4.17. The minimum Gasteiger partial charge on any atom is -0.395 e. The number of piperidine rings is 1. The zero-order valence-corrected chi connectivity index (χ0v) is 20.5. The molecule has 1 aromatic carbocycles. The van der Waals surface area contributed by atoms with Crippen LogP contribution in [0.4, 0.5) is 5.82 Å². The van der Waals surface area contributed by atoms with Crippen LogP contribution in [0.2, 0.25) is 10.0 Å². The topological polar surface area (TPSA) is 94.1 Å². The molecule has 2 aliphatic heterocycles. The predicted octanol–water partition coefficient (Wildman–Crippen LogP) is 3.75. The van der Waals surface area contributed by atoms with Crippen LogP contribution in [0.1, 0.15) is 37.1 Å². The molecule has 8 nitrogen and oxygen atoms in total. The second kappa shape index (κ2) is 9.67. The van der Waals surface area contributed by atoms with Gasteiger partial charge in [-0.25, -0.2) is 14.6 Å². The SMILES string of the molecule is C[C@@H](c1ccc(Cl)cc1Cl)n1nc(C#N)c2ncc(N3CC([C@@H]4CCCN(CCO)C4)C3)nc21. The molecule has 10 heteroatoms. The first-order valence-corrected chi connectivity index (χ1v) is 12.4. The first-order valence-electron chi connectivity index (χ1n) is 11.7. The molecule has 0 unspecified atom stereocenters. The first kappa shape index (κ1) is 23.3. The lowest BCUT2D eigenvalue weighted by Gasteiger charge is -2.47. The number of likely N-dealkylation sites (tertiary alicyclic amines) is 1. The van der Waals surface area contributed by atoms with Crippen LogP contribution in [0.15, 0.2) is 24.4 Å². The van der Waals surface area contributed by atoms with Gasteiger partial charge >= 0.3 is 0 Å². The third kappa shape index (κ3) is 4.34. The van der Waals surface area contributed by atoms with Gasteiger partial charge in [-0.05, 0) is 55.8 Å². The number of benzene rings is 1. The van der Waals surface area contributed by atoms with E-state index in [0.717, 1.165) is 44.1 Å². The normalized spacial score (nSPS) is 20.3. The minimum atomic E-state index is -0.247. The van der Waals surface area contributed by atoms with Gasteiger partial charge in [-0.15, -0.1) is 0 Å². The highest BCUT2D eigenvalue weighted by molar-refractivity contribution is 6.35. The van der Waals surface area contributed by atoms with Gasteiger partial charge in [0, 0.05) is 36.2 Å². The summed E-state index contributed by atoms with van der Waals surface area (Å²) in [6, 6.07) is 7.26. The maximum Gasteiger partial charge on any atom is 0.190 e. The summed E-state index contributed by atoms with van der Waals surface area (Å²) in [5.74, 6) is 2.06. The Balaban J connectivity index is 1.38. The number of aliphatic hydroxyl groups is 1. The number of hydrogen-bond donors (Lipinski definition) is 1. The van der Waals surface area contributed by atoms with Crippen LogP contribution in [0.3, 0.4) is 0 Å². The Hall–Kier alpha value is -2.44. The Bertz CT molecular complexity index is 1230. The lowest BCUT2D eigenvalue weighted by Crippen LogP contribution is -2.54. The van der Waals surface area contributed by atoms with Gasteiger partial charge in [0.25, 0.3) is 0 Å². The number of rotatable bonds is 6. The molecule has 0 spiro atoms. The van der Waals surface area contributed by atoms with Crippen LogP contribution >= 0.6 is 23.2 Å². The summed E-state index contributed by atoms with van der Waals surface area (Å²) in [5, 5.41) is 24.5. The van der Waals surface area contributed by atoms with E-state index in [2.05, 4.69) is 26.0 Å². The summed E-state index contributed by atoms with van der Waals surface area (Å²) in [4.78, 5) is 14.1. The third-order valence-corrected chi connectivity index (χ3v) is 7.70. The van der Waals surface area contributed by atoms with Gasteiger partial charge in [0.1, 0.15) is 17.4 Å². The highest BCUT2D eigenvalue weighted by atomic mass is 35.5. The van der Waals surface area contributed by atoms with E-state index in [1.165, 1.54) is 12.8 Å². The lowest BCUT2D eigenvalue weighted by atomic mass is 9.80. The molecular weight excluding hydrogens is 473 g/mol. The maximum atomic E-state index is 9.60. The van der Waals surface area contributed by atoms with Gasteiger partial charge in [-0.1, -0.05) is 29.3 Å². The standard InChI is InChI=1S/C24H27Cl2N7O/c1-15(19-5-4-18(25)9-20(19)26)33-24-23(21(10-27)30-33)28-11-22(29-24)32-13-17(14-32)16-3-2-6-31(12-16)7-8-34/h4-5,9,11,15-17,34H,2-3,6-8,12-14H2,1H3/t15-,16+/m0/s1. The molecule has 178 valence electrons. The van der Waals surface area contributed by atoms with E-state index in [1.54, 1.807) is 23.0 Å². The van der Waals surface area contributed by atoms with Crippen LogP contribution in [-0.2, 0) is 0 Å².